The van der Waals surface area contributed by atoms with Crippen LogP contribution in [0.15, 0.2) is 48.4 Å². The number of aromatic hydroxyl groups is 1. The second-order valence-corrected chi connectivity index (χ2v) is 6.90. The fourth-order valence-corrected chi connectivity index (χ4v) is 2.69. The molecule has 5 heteroatoms. The van der Waals surface area contributed by atoms with E-state index in [0.29, 0.717) is 11.4 Å². The summed E-state index contributed by atoms with van der Waals surface area (Å²) in [6.45, 7) is 6.97. The van der Waals surface area contributed by atoms with Crippen LogP contribution in [0.3, 0.4) is 0 Å². The summed E-state index contributed by atoms with van der Waals surface area (Å²) in [5.74, 6) is 0.320. The largest absolute Gasteiger partial charge is 0.507 e. The van der Waals surface area contributed by atoms with Crippen LogP contribution in [0.2, 0.25) is 0 Å². The lowest BCUT2D eigenvalue weighted by Gasteiger charge is -2.05. The molecule has 0 aliphatic rings. The van der Waals surface area contributed by atoms with Crippen LogP contribution in [0.1, 0.15) is 22.3 Å². The number of benzene rings is 2. The molecular formula is C18H19NO3S. The summed E-state index contributed by atoms with van der Waals surface area (Å²) in [6.07, 6.45) is 3.87. The molecular weight excluding hydrogens is 310 g/mol. The lowest BCUT2D eigenvalue weighted by atomic mass is 10.0. The fraction of sp³-hybridized carbons (Fsp3) is 0.111. The van der Waals surface area contributed by atoms with Crippen LogP contribution in [0.25, 0.3) is 12.2 Å². The van der Waals surface area contributed by atoms with Gasteiger partial charge in [0.25, 0.3) is 10.0 Å². The minimum atomic E-state index is -3.48. The van der Waals surface area contributed by atoms with Crippen LogP contribution < -0.4 is 4.72 Å². The molecule has 0 heterocycles. The third-order valence-corrected chi connectivity index (χ3v) is 4.33. The van der Waals surface area contributed by atoms with E-state index in [1.54, 1.807) is 12.1 Å². The van der Waals surface area contributed by atoms with Crippen molar-refractivity contribution >= 4 is 27.9 Å². The third-order valence-electron chi connectivity index (χ3n) is 3.37. The first-order valence-electron chi connectivity index (χ1n) is 7.04. The normalized spacial score (nSPS) is 11.6. The third kappa shape index (κ3) is 4.47. The first kappa shape index (κ1) is 16.8. The van der Waals surface area contributed by atoms with Crippen molar-refractivity contribution in [3.05, 3.63) is 70.6 Å². The summed E-state index contributed by atoms with van der Waals surface area (Å²) >= 11 is 0. The average Bonchev–Trinajstić information content (AvgIpc) is 2.51. The molecule has 0 unspecified atom stereocenters. The Morgan fingerprint density at radius 2 is 1.52 bits per heavy atom. The molecule has 0 bridgehead atoms. The van der Waals surface area contributed by atoms with E-state index < -0.39 is 10.0 Å². The number of phenolic OH excluding ortho intramolecular Hbond substituents is 1. The molecule has 120 valence electrons. The lowest BCUT2D eigenvalue weighted by molar-refractivity contribution is 0.467. The molecule has 0 amide bonds. The summed E-state index contributed by atoms with van der Waals surface area (Å²) in [7, 11) is -3.48. The van der Waals surface area contributed by atoms with Gasteiger partial charge in [-0.1, -0.05) is 30.9 Å². The molecule has 2 N–H and O–H groups in total. The Morgan fingerprint density at radius 3 is 2.04 bits per heavy atom. The molecule has 4 nitrogen and oxygen atoms in total. The topological polar surface area (TPSA) is 66.4 Å². The summed E-state index contributed by atoms with van der Waals surface area (Å²) in [6, 6.07) is 10.8. The summed E-state index contributed by atoms with van der Waals surface area (Å²) in [4.78, 5) is 0. The fourth-order valence-electron chi connectivity index (χ4n) is 2.15. The SMILES string of the molecule is C=CS(=O)(=O)Nc1ccc(/C=C/c2cc(C)c(O)c(C)c2)cc1. The first-order valence-corrected chi connectivity index (χ1v) is 8.59. The Balaban J connectivity index is 2.16. The van der Waals surface area contributed by atoms with Gasteiger partial charge in [-0.15, -0.1) is 0 Å². The molecule has 0 atom stereocenters. The van der Waals surface area contributed by atoms with Gasteiger partial charge >= 0.3 is 0 Å². The molecule has 0 saturated heterocycles. The smallest absolute Gasteiger partial charge is 0.254 e. The highest BCUT2D eigenvalue weighted by Gasteiger charge is 2.04. The number of nitrogens with one attached hydrogen (secondary N) is 1. The predicted molar refractivity (Wildman–Crippen MR) is 95.7 cm³/mol. The average molecular weight is 329 g/mol. The molecule has 0 spiro atoms. The van der Waals surface area contributed by atoms with Crippen LogP contribution >= 0.6 is 0 Å². The van der Waals surface area contributed by atoms with Gasteiger partial charge in [-0.3, -0.25) is 4.72 Å². The lowest BCUT2D eigenvalue weighted by Crippen LogP contribution is -2.07. The first-order chi connectivity index (χ1) is 10.8. The Bertz CT molecular complexity index is 827. The van der Waals surface area contributed by atoms with E-state index in [4.69, 9.17) is 0 Å². The minimum absolute atomic E-state index is 0.320. The molecule has 0 aliphatic heterocycles. The quantitative estimate of drug-likeness (QED) is 0.813. The van der Waals surface area contributed by atoms with E-state index in [2.05, 4.69) is 11.3 Å². The molecule has 0 aromatic heterocycles. The van der Waals surface area contributed by atoms with Crippen LogP contribution in [0.4, 0.5) is 5.69 Å². The van der Waals surface area contributed by atoms with Crippen molar-refractivity contribution in [2.45, 2.75) is 13.8 Å². The Kier molecular flexibility index (Phi) is 4.91. The molecule has 2 aromatic carbocycles. The summed E-state index contributed by atoms with van der Waals surface area (Å²) in [5, 5.41) is 10.6. The maximum absolute atomic E-state index is 11.4. The Labute approximate surface area is 136 Å². The van der Waals surface area contributed by atoms with Crippen molar-refractivity contribution in [1.82, 2.24) is 0 Å². The molecule has 2 aromatic rings. The number of hydrogen-bond donors (Lipinski definition) is 2. The van der Waals surface area contributed by atoms with E-state index in [0.717, 1.165) is 27.7 Å². The van der Waals surface area contributed by atoms with E-state index in [1.807, 2.05) is 50.3 Å². The number of phenols is 1. The van der Waals surface area contributed by atoms with Crippen molar-refractivity contribution in [1.29, 1.82) is 0 Å². The van der Waals surface area contributed by atoms with E-state index in [9.17, 15) is 13.5 Å². The van der Waals surface area contributed by atoms with E-state index in [-0.39, 0.29) is 0 Å². The minimum Gasteiger partial charge on any atom is -0.507 e. The molecule has 0 fully saturated rings. The molecule has 0 aliphatic carbocycles. The van der Waals surface area contributed by atoms with Crippen LogP contribution in [0.5, 0.6) is 5.75 Å². The van der Waals surface area contributed by atoms with Crippen molar-refractivity contribution in [2.24, 2.45) is 0 Å². The van der Waals surface area contributed by atoms with Crippen LogP contribution in [-0.4, -0.2) is 13.5 Å². The van der Waals surface area contributed by atoms with Crippen molar-refractivity contribution in [2.75, 3.05) is 4.72 Å². The maximum atomic E-state index is 11.4. The van der Waals surface area contributed by atoms with Crippen LogP contribution in [-0.2, 0) is 10.0 Å². The van der Waals surface area contributed by atoms with Crippen LogP contribution in [0, 0.1) is 13.8 Å². The summed E-state index contributed by atoms with van der Waals surface area (Å²) < 4.78 is 25.2. The second-order valence-electron chi connectivity index (χ2n) is 5.27. The van der Waals surface area contributed by atoms with Gasteiger partial charge in [-0.05, 0) is 60.4 Å². The number of anilines is 1. The number of hydrogen-bond acceptors (Lipinski definition) is 3. The van der Waals surface area contributed by atoms with Crippen molar-refractivity contribution in [3.63, 3.8) is 0 Å². The van der Waals surface area contributed by atoms with Crippen molar-refractivity contribution in [3.8, 4) is 5.75 Å². The highest BCUT2D eigenvalue weighted by molar-refractivity contribution is 7.95. The Hall–Kier alpha value is -2.53. The number of rotatable bonds is 5. The molecule has 0 saturated carbocycles. The maximum Gasteiger partial charge on any atom is 0.254 e. The van der Waals surface area contributed by atoms with Gasteiger partial charge in [-0.2, -0.15) is 0 Å². The van der Waals surface area contributed by atoms with E-state index >= 15 is 0 Å². The van der Waals surface area contributed by atoms with Gasteiger partial charge in [0.1, 0.15) is 5.75 Å². The number of sulfonamides is 1. The zero-order valence-corrected chi connectivity index (χ0v) is 13.9. The van der Waals surface area contributed by atoms with Gasteiger partial charge in [0.2, 0.25) is 0 Å². The molecule has 2 rings (SSSR count). The molecule has 0 radical (unpaired) electrons. The predicted octanol–water partition coefficient (Wildman–Crippen LogP) is 4.06. The summed E-state index contributed by atoms with van der Waals surface area (Å²) in [5.41, 5.74) is 4.08. The van der Waals surface area contributed by atoms with Gasteiger partial charge in [0.05, 0.1) is 0 Å². The Morgan fingerprint density at radius 1 is 1.00 bits per heavy atom. The zero-order chi connectivity index (χ0) is 17.0. The highest BCUT2D eigenvalue weighted by Crippen LogP contribution is 2.24. The van der Waals surface area contributed by atoms with E-state index in [1.165, 1.54) is 0 Å². The number of aryl methyl sites for hydroxylation is 2. The molecule has 23 heavy (non-hydrogen) atoms. The zero-order valence-electron chi connectivity index (χ0n) is 13.1. The van der Waals surface area contributed by atoms with Gasteiger partial charge in [-0.25, -0.2) is 8.42 Å². The second kappa shape index (κ2) is 6.71. The highest BCUT2D eigenvalue weighted by atomic mass is 32.2. The monoisotopic (exact) mass is 329 g/mol. The van der Waals surface area contributed by atoms with Crippen molar-refractivity contribution < 1.29 is 13.5 Å². The van der Waals surface area contributed by atoms with Gasteiger partial charge < -0.3 is 5.11 Å². The standard InChI is InChI=1S/C18H19NO3S/c1-4-23(21,22)19-17-9-7-15(8-10-17)5-6-16-11-13(2)18(20)14(3)12-16/h4-12,19-20H,1H2,2-3H3/b6-5+. The van der Waals surface area contributed by atoms with Gasteiger partial charge in [0.15, 0.2) is 0 Å². The van der Waals surface area contributed by atoms with Gasteiger partial charge in [0, 0.05) is 11.1 Å².